The molecule has 1 N–H and O–H groups in total. The SMILES string of the molecule is O=C(NC1C[C@@H]2CCC[C@@H](C1)N2Cc1ccc(F)cc1)c1cccs1. The van der Waals surface area contributed by atoms with Crippen molar-refractivity contribution in [1.82, 2.24) is 10.2 Å². The van der Waals surface area contributed by atoms with Crippen molar-refractivity contribution in [3.05, 3.63) is 58.0 Å². The van der Waals surface area contributed by atoms with Crippen molar-refractivity contribution >= 4 is 17.2 Å². The summed E-state index contributed by atoms with van der Waals surface area (Å²) in [6.45, 7) is 0.876. The van der Waals surface area contributed by atoms with Gasteiger partial charge in [-0.25, -0.2) is 4.39 Å². The Morgan fingerprint density at radius 2 is 1.88 bits per heavy atom. The lowest BCUT2D eigenvalue weighted by Gasteiger charge is -2.49. The van der Waals surface area contributed by atoms with Gasteiger partial charge in [-0.2, -0.15) is 0 Å². The van der Waals surface area contributed by atoms with Crippen LogP contribution in [0.25, 0.3) is 0 Å². The summed E-state index contributed by atoms with van der Waals surface area (Å²) >= 11 is 1.49. The maximum atomic E-state index is 13.1. The van der Waals surface area contributed by atoms with Crippen molar-refractivity contribution < 1.29 is 9.18 Å². The fourth-order valence-electron chi connectivity index (χ4n) is 4.32. The third-order valence-corrected chi connectivity index (χ3v) is 6.35. The Balaban J connectivity index is 1.41. The minimum atomic E-state index is -0.182. The molecule has 5 heteroatoms. The van der Waals surface area contributed by atoms with E-state index in [0.717, 1.165) is 24.3 Å². The average molecular weight is 358 g/mol. The number of rotatable bonds is 4. The highest BCUT2D eigenvalue weighted by molar-refractivity contribution is 7.12. The quantitative estimate of drug-likeness (QED) is 0.888. The van der Waals surface area contributed by atoms with Crippen LogP contribution in [0.15, 0.2) is 41.8 Å². The van der Waals surface area contributed by atoms with Gasteiger partial charge in [0, 0.05) is 24.7 Å². The van der Waals surface area contributed by atoms with Crippen LogP contribution >= 0.6 is 11.3 Å². The molecule has 3 heterocycles. The summed E-state index contributed by atoms with van der Waals surface area (Å²) in [5.74, 6) is -0.121. The van der Waals surface area contributed by atoms with Crippen LogP contribution in [0.5, 0.6) is 0 Å². The third-order valence-electron chi connectivity index (χ3n) is 5.48. The number of amides is 1. The summed E-state index contributed by atoms with van der Waals surface area (Å²) < 4.78 is 13.1. The molecule has 1 amide bonds. The summed E-state index contributed by atoms with van der Waals surface area (Å²) in [4.78, 5) is 15.7. The van der Waals surface area contributed by atoms with Crippen molar-refractivity contribution in [2.75, 3.05) is 0 Å². The summed E-state index contributed by atoms with van der Waals surface area (Å²) in [5.41, 5.74) is 1.17. The Morgan fingerprint density at radius 1 is 1.16 bits per heavy atom. The second kappa shape index (κ2) is 7.26. The minimum absolute atomic E-state index is 0.0602. The molecule has 2 aromatic rings. The van der Waals surface area contributed by atoms with E-state index in [1.165, 1.54) is 36.2 Å². The van der Waals surface area contributed by atoms with Gasteiger partial charge in [0.2, 0.25) is 0 Å². The number of carbonyl (C=O) groups is 1. The van der Waals surface area contributed by atoms with Gasteiger partial charge in [-0.05, 0) is 54.8 Å². The van der Waals surface area contributed by atoms with Gasteiger partial charge in [0.05, 0.1) is 4.88 Å². The Morgan fingerprint density at radius 3 is 2.52 bits per heavy atom. The lowest BCUT2D eigenvalue weighted by Crippen LogP contribution is -2.56. The van der Waals surface area contributed by atoms with Crippen LogP contribution in [-0.2, 0) is 6.54 Å². The predicted molar refractivity (Wildman–Crippen MR) is 98.2 cm³/mol. The molecular formula is C20H23FN2OS. The molecule has 2 atom stereocenters. The summed E-state index contributed by atoms with van der Waals surface area (Å²) in [6.07, 6.45) is 5.65. The van der Waals surface area contributed by atoms with Crippen LogP contribution in [0.2, 0.25) is 0 Å². The van der Waals surface area contributed by atoms with Crippen molar-refractivity contribution in [3.8, 4) is 0 Å². The van der Waals surface area contributed by atoms with Crippen LogP contribution in [-0.4, -0.2) is 28.9 Å². The maximum Gasteiger partial charge on any atom is 0.261 e. The fraction of sp³-hybridized carbons (Fsp3) is 0.450. The molecule has 132 valence electrons. The molecule has 3 nitrogen and oxygen atoms in total. The Labute approximate surface area is 151 Å². The molecule has 0 unspecified atom stereocenters. The van der Waals surface area contributed by atoms with E-state index in [1.807, 2.05) is 29.6 Å². The highest BCUT2D eigenvalue weighted by Crippen LogP contribution is 2.35. The normalized spacial score (nSPS) is 26.4. The number of thiophene rings is 1. The van der Waals surface area contributed by atoms with Gasteiger partial charge in [-0.3, -0.25) is 9.69 Å². The topological polar surface area (TPSA) is 32.3 Å². The fourth-order valence-corrected chi connectivity index (χ4v) is 4.95. The number of halogens is 1. The molecular weight excluding hydrogens is 335 g/mol. The number of hydrogen-bond acceptors (Lipinski definition) is 3. The summed E-state index contributed by atoms with van der Waals surface area (Å²) in [6, 6.07) is 11.9. The monoisotopic (exact) mass is 358 g/mol. The first kappa shape index (κ1) is 16.7. The van der Waals surface area contributed by atoms with Crippen LogP contribution < -0.4 is 5.32 Å². The van der Waals surface area contributed by atoms with Crippen LogP contribution in [0.1, 0.15) is 47.3 Å². The number of fused-ring (bicyclic) bond motifs is 2. The Kier molecular flexibility index (Phi) is 4.86. The highest BCUT2D eigenvalue weighted by Gasteiger charge is 2.38. The summed E-state index contributed by atoms with van der Waals surface area (Å²) in [7, 11) is 0. The first-order valence-electron chi connectivity index (χ1n) is 9.03. The molecule has 0 spiro atoms. The molecule has 1 aromatic heterocycles. The standard InChI is InChI=1S/C20H23FN2OS/c21-15-8-6-14(7-9-15)13-23-17-3-1-4-18(23)12-16(11-17)22-20(24)19-5-2-10-25-19/h2,5-10,16-18H,1,3-4,11-13H2,(H,22,24)/t17-,18-/m0/s1. The second-order valence-corrected chi connectivity index (χ2v) is 8.10. The lowest BCUT2D eigenvalue weighted by molar-refractivity contribution is 0.0177. The van der Waals surface area contributed by atoms with E-state index in [2.05, 4.69) is 10.2 Å². The van der Waals surface area contributed by atoms with Crippen LogP contribution in [0, 0.1) is 5.82 Å². The molecule has 25 heavy (non-hydrogen) atoms. The number of hydrogen-bond donors (Lipinski definition) is 1. The van der Waals surface area contributed by atoms with E-state index in [1.54, 1.807) is 12.1 Å². The first-order chi connectivity index (χ1) is 12.2. The highest BCUT2D eigenvalue weighted by atomic mass is 32.1. The molecule has 2 aliphatic rings. The van der Waals surface area contributed by atoms with Gasteiger partial charge in [0.1, 0.15) is 5.82 Å². The number of piperidine rings is 2. The molecule has 4 rings (SSSR count). The van der Waals surface area contributed by atoms with Crippen LogP contribution in [0.4, 0.5) is 4.39 Å². The maximum absolute atomic E-state index is 13.1. The van der Waals surface area contributed by atoms with E-state index < -0.39 is 0 Å². The van der Waals surface area contributed by atoms with E-state index in [0.29, 0.717) is 12.1 Å². The summed E-state index contributed by atoms with van der Waals surface area (Å²) in [5, 5.41) is 5.18. The van der Waals surface area contributed by atoms with Gasteiger partial charge in [-0.1, -0.05) is 24.6 Å². The Bertz CT molecular complexity index is 702. The van der Waals surface area contributed by atoms with Gasteiger partial charge in [0.25, 0.3) is 5.91 Å². The molecule has 2 saturated heterocycles. The zero-order chi connectivity index (χ0) is 17.2. The molecule has 0 aliphatic carbocycles. The third kappa shape index (κ3) is 3.77. The van der Waals surface area contributed by atoms with Crippen LogP contribution in [0.3, 0.4) is 0 Å². The van der Waals surface area contributed by atoms with Gasteiger partial charge < -0.3 is 5.32 Å². The molecule has 0 saturated carbocycles. The second-order valence-electron chi connectivity index (χ2n) is 7.16. The predicted octanol–water partition coefficient (Wildman–Crippen LogP) is 4.20. The molecule has 1 aromatic carbocycles. The van der Waals surface area contributed by atoms with Gasteiger partial charge >= 0.3 is 0 Å². The number of carbonyl (C=O) groups excluding carboxylic acids is 1. The van der Waals surface area contributed by atoms with Crippen molar-refractivity contribution in [3.63, 3.8) is 0 Å². The minimum Gasteiger partial charge on any atom is -0.348 e. The van der Waals surface area contributed by atoms with E-state index >= 15 is 0 Å². The lowest BCUT2D eigenvalue weighted by atomic mass is 9.81. The first-order valence-corrected chi connectivity index (χ1v) is 9.91. The van der Waals surface area contributed by atoms with E-state index in [4.69, 9.17) is 0 Å². The molecule has 2 aliphatic heterocycles. The van der Waals surface area contributed by atoms with Crippen molar-refractivity contribution in [2.24, 2.45) is 0 Å². The van der Waals surface area contributed by atoms with E-state index in [-0.39, 0.29) is 17.8 Å². The number of nitrogens with one attached hydrogen (secondary N) is 1. The smallest absolute Gasteiger partial charge is 0.261 e. The van der Waals surface area contributed by atoms with Crippen molar-refractivity contribution in [1.29, 1.82) is 0 Å². The molecule has 2 fully saturated rings. The number of nitrogens with zero attached hydrogens (tertiary/aromatic N) is 1. The average Bonchev–Trinajstić information content (AvgIpc) is 3.12. The van der Waals surface area contributed by atoms with Crippen molar-refractivity contribution in [2.45, 2.75) is 56.8 Å². The molecule has 0 radical (unpaired) electrons. The largest absolute Gasteiger partial charge is 0.348 e. The number of benzene rings is 1. The molecule has 2 bridgehead atoms. The van der Waals surface area contributed by atoms with Gasteiger partial charge in [-0.15, -0.1) is 11.3 Å². The zero-order valence-electron chi connectivity index (χ0n) is 14.2. The van der Waals surface area contributed by atoms with Gasteiger partial charge in [0.15, 0.2) is 0 Å². The van der Waals surface area contributed by atoms with E-state index in [9.17, 15) is 9.18 Å². The Hall–Kier alpha value is -1.72. The zero-order valence-corrected chi connectivity index (χ0v) is 15.0.